The van der Waals surface area contributed by atoms with Crippen molar-refractivity contribution in [2.24, 2.45) is 4.99 Å². The molecule has 3 heterocycles. The molecule has 0 spiro atoms. The molecule has 10 aromatic carbocycles. The fourth-order valence-corrected chi connectivity index (χ4v) is 9.65. The van der Waals surface area contributed by atoms with Crippen molar-refractivity contribution < 1.29 is 4.42 Å². The number of benzene rings is 10. The van der Waals surface area contributed by atoms with Crippen LogP contribution < -0.4 is 0 Å². The van der Waals surface area contributed by atoms with E-state index in [1.54, 1.807) is 6.21 Å². The first kappa shape index (κ1) is 33.7. The lowest BCUT2D eigenvalue weighted by molar-refractivity contribution is 0.668. The molecular formula is C56H34N4O. The number of nitrogens with zero attached hydrogens (tertiary/aromatic N) is 2. The van der Waals surface area contributed by atoms with Crippen molar-refractivity contribution in [2.45, 2.75) is 0 Å². The number of hydrogen-bond acceptors (Lipinski definition) is 2. The van der Waals surface area contributed by atoms with E-state index >= 15 is 0 Å². The third-order valence-electron chi connectivity index (χ3n) is 12.5. The van der Waals surface area contributed by atoms with Gasteiger partial charge >= 0.3 is 0 Å². The van der Waals surface area contributed by atoms with E-state index in [0.29, 0.717) is 11.1 Å². The summed E-state index contributed by atoms with van der Waals surface area (Å²) in [5.74, 6) is 0.156. The Morgan fingerprint density at radius 1 is 0.492 bits per heavy atom. The molecule has 0 aliphatic heterocycles. The van der Waals surface area contributed by atoms with Gasteiger partial charge in [-0.15, -0.1) is 0 Å². The van der Waals surface area contributed by atoms with Crippen molar-refractivity contribution in [3.05, 3.63) is 199 Å². The van der Waals surface area contributed by atoms with Gasteiger partial charge in [0.25, 0.3) is 0 Å². The number of hydrogen-bond donors (Lipinski definition) is 2. The Balaban J connectivity index is 1.08. The maximum atomic E-state index is 9.38. The van der Waals surface area contributed by atoms with Gasteiger partial charge < -0.3 is 14.0 Å². The summed E-state index contributed by atoms with van der Waals surface area (Å²) in [6.45, 7) is 0. The highest BCUT2D eigenvalue weighted by molar-refractivity contribution is 6.21. The van der Waals surface area contributed by atoms with Crippen LogP contribution in [0.2, 0.25) is 0 Å². The predicted molar refractivity (Wildman–Crippen MR) is 256 cm³/mol. The fraction of sp³-hybridized carbons (Fsp3) is 0. The van der Waals surface area contributed by atoms with E-state index in [2.05, 4.69) is 161 Å². The molecule has 3 aromatic heterocycles. The van der Waals surface area contributed by atoms with E-state index in [-0.39, 0.29) is 5.84 Å². The number of rotatable bonds is 4. The van der Waals surface area contributed by atoms with Crippen LogP contribution in [0.1, 0.15) is 11.1 Å². The summed E-state index contributed by atoms with van der Waals surface area (Å²) in [5, 5.41) is 23.2. The molecule has 0 bridgehead atoms. The van der Waals surface area contributed by atoms with Crippen LogP contribution in [0.5, 0.6) is 0 Å². The second-order valence-corrected chi connectivity index (χ2v) is 16.1. The van der Waals surface area contributed by atoms with Gasteiger partial charge in [-0.25, -0.2) is 4.99 Å². The molecule has 0 amide bonds. The van der Waals surface area contributed by atoms with E-state index in [1.807, 2.05) is 36.4 Å². The Labute approximate surface area is 348 Å². The molecule has 0 radical (unpaired) electrons. The minimum absolute atomic E-state index is 0.156. The Bertz CT molecular complexity index is 4030. The van der Waals surface area contributed by atoms with Crippen LogP contribution in [-0.2, 0) is 0 Å². The molecule has 2 N–H and O–H groups in total. The molecule has 61 heavy (non-hydrogen) atoms. The van der Waals surface area contributed by atoms with Crippen LogP contribution in [0, 0.1) is 5.41 Å². The first-order chi connectivity index (χ1) is 30.1. The van der Waals surface area contributed by atoms with Gasteiger partial charge in [-0.2, -0.15) is 0 Å². The summed E-state index contributed by atoms with van der Waals surface area (Å²) in [6.07, 6.45) is 1.78. The van der Waals surface area contributed by atoms with E-state index in [0.717, 1.165) is 82.2 Å². The van der Waals surface area contributed by atoms with Gasteiger partial charge in [0.1, 0.15) is 11.2 Å². The molecule has 0 saturated carbocycles. The number of amidine groups is 1. The third kappa shape index (κ3) is 5.21. The molecule has 0 saturated heterocycles. The minimum Gasteiger partial charge on any atom is -0.456 e. The van der Waals surface area contributed by atoms with Crippen molar-refractivity contribution in [2.75, 3.05) is 0 Å². The largest absolute Gasteiger partial charge is 0.456 e. The molecule has 0 unspecified atom stereocenters. The molecule has 5 nitrogen and oxygen atoms in total. The first-order valence-electron chi connectivity index (χ1n) is 20.6. The number of aromatic nitrogens is 2. The van der Waals surface area contributed by atoms with Crippen molar-refractivity contribution >= 4 is 110 Å². The van der Waals surface area contributed by atoms with Gasteiger partial charge in [0, 0.05) is 49.7 Å². The summed E-state index contributed by atoms with van der Waals surface area (Å²) in [4.78, 5) is 8.40. The van der Waals surface area contributed by atoms with Gasteiger partial charge in [0.15, 0.2) is 5.84 Å². The molecule has 13 rings (SSSR count). The predicted octanol–water partition coefficient (Wildman–Crippen LogP) is 14.9. The molecule has 284 valence electrons. The summed E-state index contributed by atoms with van der Waals surface area (Å²) in [6, 6.07) is 66.7. The van der Waals surface area contributed by atoms with Crippen molar-refractivity contribution in [1.82, 2.24) is 9.55 Å². The minimum atomic E-state index is 0.156. The lowest BCUT2D eigenvalue weighted by atomic mass is 9.96. The molecule has 13 aromatic rings. The Kier molecular flexibility index (Phi) is 7.10. The lowest BCUT2D eigenvalue weighted by Gasteiger charge is -2.13. The van der Waals surface area contributed by atoms with Gasteiger partial charge in [0.05, 0.1) is 22.1 Å². The number of aromatic amines is 1. The normalized spacial score (nSPS) is 12.3. The average molecular weight is 779 g/mol. The average Bonchev–Trinajstić information content (AvgIpc) is 3.97. The number of nitrogens with one attached hydrogen (secondary N) is 2. The number of H-pyrrole nitrogens is 1. The third-order valence-corrected chi connectivity index (χ3v) is 12.5. The molecule has 5 heteroatoms. The second kappa shape index (κ2) is 12.9. The zero-order valence-corrected chi connectivity index (χ0v) is 32.8. The first-order valence-corrected chi connectivity index (χ1v) is 20.6. The van der Waals surface area contributed by atoms with E-state index in [9.17, 15) is 5.41 Å². The van der Waals surface area contributed by atoms with Gasteiger partial charge in [-0.05, 0) is 110 Å². The highest BCUT2D eigenvalue weighted by Crippen LogP contribution is 2.43. The fourth-order valence-electron chi connectivity index (χ4n) is 9.65. The van der Waals surface area contributed by atoms with E-state index in [1.165, 1.54) is 32.5 Å². The topological polar surface area (TPSA) is 70.1 Å². The van der Waals surface area contributed by atoms with E-state index < -0.39 is 0 Å². The van der Waals surface area contributed by atoms with Crippen molar-refractivity contribution in [3.63, 3.8) is 0 Å². The van der Waals surface area contributed by atoms with Crippen LogP contribution in [0.3, 0.4) is 0 Å². The summed E-state index contributed by atoms with van der Waals surface area (Å²) in [7, 11) is 0. The Hall–Kier alpha value is -8.28. The summed E-state index contributed by atoms with van der Waals surface area (Å²) >= 11 is 0. The molecular weight excluding hydrogens is 745 g/mol. The highest BCUT2D eigenvalue weighted by Gasteiger charge is 2.22. The number of furan rings is 1. The highest BCUT2D eigenvalue weighted by atomic mass is 16.3. The van der Waals surface area contributed by atoms with Gasteiger partial charge in [-0.3, -0.25) is 5.41 Å². The molecule has 0 aliphatic rings. The quantitative estimate of drug-likeness (QED) is 0.136. The maximum absolute atomic E-state index is 9.38. The number of para-hydroxylation sites is 2. The van der Waals surface area contributed by atoms with Crippen LogP contribution in [0.25, 0.3) is 115 Å². The van der Waals surface area contributed by atoms with Gasteiger partial charge in [0.2, 0.25) is 0 Å². The van der Waals surface area contributed by atoms with Crippen molar-refractivity contribution in [1.29, 1.82) is 5.41 Å². The van der Waals surface area contributed by atoms with Gasteiger partial charge in [-0.1, -0.05) is 127 Å². The van der Waals surface area contributed by atoms with Crippen LogP contribution in [-0.4, -0.2) is 21.6 Å². The Morgan fingerprint density at radius 2 is 1.18 bits per heavy atom. The van der Waals surface area contributed by atoms with Crippen molar-refractivity contribution in [3.8, 4) is 16.8 Å². The molecule has 0 aliphatic carbocycles. The Morgan fingerprint density at radius 3 is 2.05 bits per heavy atom. The maximum Gasteiger partial charge on any atom is 0.151 e. The summed E-state index contributed by atoms with van der Waals surface area (Å²) < 4.78 is 9.02. The summed E-state index contributed by atoms with van der Waals surface area (Å²) in [5.41, 5.74) is 10.8. The second-order valence-electron chi connectivity index (χ2n) is 16.1. The molecule has 0 atom stereocenters. The number of fused-ring (bicyclic) bond motifs is 12. The SMILES string of the molecule is N=C(N=Cc1ccc2ccccc2c1)c1cc(-n2c3cc4ccccc4cc3c3cc4cccc(-c5ccc6c(c5)[nH]c5ccccc56)c4cc32)c2c(c1)oc1ccccc12. The van der Waals surface area contributed by atoms with Crippen LogP contribution in [0.4, 0.5) is 0 Å². The smallest absolute Gasteiger partial charge is 0.151 e. The number of aliphatic imine (C=N–C) groups is 1. The lowest BCUT2D eigenvalue weighted by Crippen LogP contribution is -2.01. The zero-order valence-electron chi connectivity index (χ0n) is 32.8. The molecule has 0 fully saturated rings. The standard InChI is InChI=1S/C56H34N4O/c57-56(58-32-33-20-21-34-10-1-2-11-35(34)24-33)40-29-52(55-44-16-6-8-19-53(44)61-54(55)30-40)60-50-28-37-13-4-3-12-36(37)25-46(50)47-26-38-14-9-17-41(45(38)31-51(47)60)39-22-23-43-42-15-5-7-18-48(42)59-49(43)27-39/h1-32,57,59H. The van der Waals surface area contributed by atoms with E-state index in [4.69, 9.17) is 9.41 Å². The zero-order chi connectivity index (χ0) is 40.2. The van der Waals surface area contributed by atoms with Crippen LogP contribution >= 0.6 is 0 Å². The van der Waals surface area contributed by atoms with Crippen LogP contribution in [0.15, 0.2) is 197 Å². The monoisotopic (exact) mass is 778 g/mol.